The maximum absolute atomic E-state index is 13.1. The molecule has 0 spiro atoms. The van der Waals surface area contributed by atoms with Crippen LogP contribution in [-0.2, 0) is 4.79 Å². The number of hydrogen-bond acceptors (Lipinski definition) is 2. The van der Waals surface area contributed by atoms with E-state index in [2.05, 4.69) is 63.3 Å². The highest BCUT2D eigenvalue weighted by Crippen LogP contribution is 2.32. The first kappa shape index (κ1) is 32.4. The van der Waals surface area contributed by atoms with Crippen LogP contribution in [0.25, 0.3) is 6.08 Å². The summed E-state index contributed by atoms with van der Waals surface area (Å²) in [4.78, 5) is 13.9. The monoisotopic (exact) mass is 534 g/mol. The minimum Gasteiger partial charge on any atom is -0.294 e. The highest BCUT2D eigenvalue weighted by molar-refractivity contribution is 7.81. The van der Waals surface area contributed by atoms with Crippen molar-refractivity contribution in [2.75, 3.05) is 0 Å². The fourth-order valence-corrected chi connectivity index (χ4v) is 6.05. The standard InChI is InChI=1S/C36H54OS/c1-4-7-8-9-10-11-12-13-14-15-16-20-25-32(22-6-3)34(28-31-23-18-17-19-24-31)36(38)33-27-26-30(21-5-2)29-35(33)37/h17-19,23-24,26-28,32H,4-16,20-22,25,29H2,1-3H3. The number of rotatable bonds is 21. The van der Waals surface area contributed by atoms with Gasteiger partial charge in [-0.15, -0.1) is 0 Å². The average molecular weight is 535 g/mol. The summed E-state index contributed by atoms with van der Waals surface area (Å²) in [5.41, 5.74) is 4.35. The van der Waals surface area contributed by atoms with Crippen molar-refractivity contribution in [3.05, 3.63) is 64.8 Å². The van der Waals surface area contributed by atoms with E-state index >= 15 is 0 Å². The molecule has 1 unspecified atom stereocenters. The quantitative estimate of drug-likeness (QED) is 0.0886. The summed E-state index contributed by atoms with van der Waals surface area (Å²) < 4.78 is 0. The van der Waals surface area contributed by atoms with Crippen LogP contribution >= 0.6 is 12.2 Å². The lowest BCUT2D eigenvalue weighted by molar-refractivity contribution is -0.114. The van der Waals surface area contributed by atoms with Gasteiger partial charge >= 0.3 is 0 Å². The Hall–Kier alpha value is -1.80. The Kier molecular flexibility index (Phi) is 17.2. The second-order valence-corrected chi connectivity index (χ2v) is 11.7. The summed E-state index contributed by atoms with van der Waals surface area (Å²) in [6.07, 6.45) is 28.9. The van der Waals surface area contributed by atoms with E-state index in [-0.39, 0.29) is 5.78 Å². The maximum Gasteiger partial charge on any atom is 0.168 e. The van der Waals surface area contributed by atoms with Gasteiger partial charge in [0.15, 0.2) is 5.78 Å². The molecule has 0 aromatic heterocycles. The molecule has 0 fully saturated rings. The highest BCUT2D eigenvalue weighted by atomic mass is 32.1. The van der Waals surface area contributed by atoms with Gasteiger partial charge in [-0.25, -0.2) is 0 Å². The van der Waals surface area contributed by atoms with Crippen molar-refractivity contribution < 1.29 is 4.79 Å². The molecule has 1 aromatic rings. The number of benzene rings is 1. The maximum atomic E-state index is 13.1. The number of allylic oxidation sites excluding steroid dienone is 5. The summed E-state index contributed by atoms with van der Waals surface area (Å²) in [5, 5.41) is 0. The Morgan fingerprint density at radius 1 is 0.763 bits per heavy atom. The Morgan fingerprint density at radius 2 is 1.37 bits per heavy atom. The van der Waals surface area contributed by atoms with Crippen LogP contribution in [0.2, 0.25) is 0 Å². The largest absolute Gasteiger partial charge is 0.294 e. The number of hydrogen-bond donors (Lipinski definition) is 0. The molecule has 210 valence electrons. The first-order chi connectivity index (χ1) is 18.6. The first-order valence-corrected chi connectivity index (χ1v) is 16.3. The van der Waals surface area contributed by atoms with E-state index in [1.165, 1.54) is 93.8 Å². The van der Waals surface area contributed by atoms with Crippen molar-refractivity contribution in [2.45, 2.75) is 136 Å². The van der Waals surface area contributed by atoms with Crippen molar-refractivity contribution in [3.63, 3.8) is 0 Å². The number of ketones is 1. The molecule has 1 nitrogen and oxygen atoms in total. The Morgan fingerprint density at radius 3 is 1.92 bits per heavy atom. The lowest BCUT2D eigenvalue weighted by Gasteiger charge is -2.24. The molecule has 2 rings (SSSR count). The first-order valence-electron chi connectivity index (χ1n) is 15.8. The third-order valence-electron chi connectivity index (χ3n) is 7.86. The van der Waals surface area contributed by atoms with E-state index < -0.39 is 0 Å². The highest BCUT2D eigenvalue weighted by Gasteiger charge is 2.25. The van der Waals surface area contributed by atoms with Crippen LogP contribution in [0.3, 0.4) is 0 Å². The van der Waals surface area contributed by atoms with Gasteiger partial charge in [-0.05, 0) is 42.4 Å². The summed E-state index contributed by atoms with van der Waals surface area (Å²) in [6.45, 7) is 6.72. The van der Waals surface area contributed by atoms with Gasteiger partial charge in [0.2, 0.25) is 0 Å². The van der Waals surface area contributed by atoms with Crippen LogP contribution in [0.15, 0.2) is 59.2 Å². The average Bonchev–Trinajstić information content (AvgIpc) is 2.92. The predicted octanol–water partition coefficient (Wildman–Crippen LogP) is 11.6. The third kappa shape index (κ3) is 12.4. The van der Waals surface area contributed by atoms with E-state index in [1.54, 1.807) is 0 Å². The Balaban J connectivity index is 1.97. The minimum absolute atomic E-state index is 0.195. The molecule has 1 aromatic carbocycles. The summed E-state index contributed by atoms with van der Waals surface area (Å²) >= 11 is 6.07. The van der Waals surface area contributed by atoms with Crippen molar-refractivity contribution in [3.8, 4) is 0 Å². The molecule has 0 amide bonds. The number of carbonyl (C=O) groups excluding carboxylic acids is 1. The van der Waals surface area contributed by atoms with Crippen molar-refractivity contribution in [2.24, 2.45) is 5.92 Å². The van der Waals surface area contributed by atoms with E-state index in [9.17, 15) is 4.79 Å². The van der Waals surface area contributed by atoms with Crippen LogP contribution in [0, 0.1) is 5.92 Å². The van der Waals surface area contributed by atoms with E-state index in [0.29, 0.717) is 12.3 Å². The van der Waals surface area contributed by atoms with Crippen LogP contribution in [0.5, 0.6) is 0 Å². The van der Waals surface area contributed by atoms with Crippen LogP contribution in [0.4, 0.5) is 0 Å². The minimum atomic E-state index is 0.195. The number of carbonyl (C=O) groups is 1. The molecule has 0 saturated carbocycles. The Bertz CT molecular complexity index is 905. The van der Waals surface area contributed by atoms with Gasteiger partial charge in [0, 0.05) is 12.0 Å². The lowest BCUT2D eigenvalue weighted by Crippen LogP contribution is -2.20. The molecular weight excluding hydrogens is 480 g/mol. The van der Waals surface area contributed by atoms with Gasteiger partial charge < -0.3 is 0 Å². The molecule has 2 heteroatoms. The van der Waals surface area contributed by atoms with Crippen molar-refractivity contribution in [1.82, 2.24) is 0 Å². The van der Waals surface area contributed by atoms with Gasteiger partial charge in [0.05, 0.1) is 4.86 Å². The zero-order valence-electron chi connectivity index (χ0n) is 24.7. The van der Waals surface area contributed by atoms with Gasteiger partial charge in [-0.3, -0.25) is 4.79 Å². The predicted molar refractivity (Wildman–Crippen MR) is 172 cm³/mol. The second kappa shape index (κ2) is 20.2. The SMILES string of the molecule is CCCCCCCCCCCCCCC(CCC)C(=Cc1ccccc1)C(=S)C1=CC=C(CCC)CC1=O. The Labute approximate surface area is 240 Å². The summed E-state index contributed by atoms with van der Waals surface area (Å²) in [5.74, 6) is 0.603. The fourth-order valence-electron chi connectivity index (χ4n) is 5.64. The fraction of sp³-hybridized carbons (Fsp3) is 0.611. The third-order valence-corrected chi connectivity index (χ3v) is 8.31. The molecule has 0 heterocycles. The zero-order valence-corrected chi connectivity index (χ0v) is 25.6. The normalized spacial score (nSPS) is 14.8. The molecule has 0 saturated heterocycles. The molecule has 0 bridgehead atoms. The van der Waals surface area contributed by atoms with Gasteiger partial charge in [0.1, 0.15) is 0 Å². The summed E-state index contributed by atoms with van der Waals surface area (Å²) in [6, 6.07) is 10.5. The van der Waals surface area contributed by atoms with Crippen molar-refractivity contribution >= 4 is 28.9 Å². The van der Waals surface area contributed by atoms with Gasteiger partial charge in [-0.2, -0.15) is 0 Å². The van der Waals surface area contributed by atoms with E-state index in [0.717, 1.165) is 42.5 Å². The zero-order chi connectivity index (χ0) is 27.4. The topological polar surface area (TPSA) is 17.1 Å². The molecule has 38 heavy (non-hydrogen) atoms. The van der Waals surface area contributed by atoms with Crippen LogP contribution in [0.1, 0.15) is 142 Å². The van der Waals surface area contributed by atoms with Crippen LogP contribution < -0.4 is 0 Å². The summed E-state index contributed by atoms with van der Waals surface area (Å²) in [7, 11) is 0. The molecule has 1 aliphatic rings. The van der Waals surface area contributed by atoms with Crippen LogP contribution in [-0.4, -0.2) is 10.6 Å². The number of unbranched alkanes of at least 4 members (excludes halogenated alkanes) is 11. The number of thiocarbonyl (C=S) groups is 1. The molecular formula is C36H54OS. The molecule has 0 N–H and O–H groups in total. The number of Topliss-reactive ketones (excluding diaryl/α,β-unsaturated/α-hetero) is 1. The lowest BCUT2D eigenvalue weighted by atomic mass is 9.81. The van der Waals surface area contributed by atoms with Crippen molar-refractivity contribution in [1.29, 1.82) is 0 Å². The van der Waals surface area contributed by atoms with E-state index in [4.69, 9.17) is 12.2 Å². The molecule has 1 aliphatic carbocycles. The second-order valence-electron chi connectivity index (χ2n) is 11.3. The molecule has 1 atom stereocenters. The van der Waals surface area contributed by atoms with E-state index in [1.807, 2.05) is 6.08 Å². The van der Waals surface area contributed by atoms with Gasteiger partial charge in [0.25, 0.3) is 0 Å². The van der Waals surface area contributed by atoms with Gasteiger partial charge in [-0.1, -0.05) is 171 Å². The smallest absolute Gasteiger partial charge is 0.168 e. The molecule has 0 aliphatic heterocycles. The molecule has 0 radical (unpaired) electrons.